The molecule has 0 saturated carbocycles. The third kappa shape index (κ3) is 1.97. The van der Waals surface area contributed by atoms with Crippen LogP contribution in [0.5, 0.6) is 5.75 Å². The molecule has 0 unspecified atom stereocenters. The Hall–Kier alpha value is -3.94. The van der Waals surface area contributed by atoms with Crippen molar-refractivity contribution in [1.82, 2.24) is 0 Å². The maximum Gasteiger partial charge on any atom is 0.193 e. The first-order valence-electron chi connectivity index (χ1n) is 9.48. The van der Waals surface area contributed by atoms with Crippen LogP contribution in [0.4, 0.5) is 0 Å². The molecule has 3 aliphatic carbocycles. The molecule has 1 N–H and O–H groups in total. The molecule has 0 aromatic heterocycles. The molecule has 0 bridgehead atoms. The third-order valence-electron chi connectivity index (χ3n) is 6.04. The highest BCUT2D eigenvalue weighted by Gasteiger charge is 2.43. The number of ketones is 1. The van der Waals surface area contributed by atoms with Gasteiger partial charge in [0, 0.05) is 34.3 Å². The monoisotopic (exact) mass is 374 g/mol. The van der Waals surface area contributed by atoms with Crippen molar-refractivity contribution < 1.29 is 14.7 Å². The van der Waals surface area contributed by atoms with Gasteiger partial charge in [-0.1, -0.05) is 54.6 Å². The zero-order chi connectivity index (χ0) is 19.7. The van der Waals surface area contributed by atoms with Crippen molar-refractivity contribution in [2.24, 2.45) is 0 Å². The van der Waals surface area contributed by atoms with Gasteiger partial charge in [0.25, 0.3) is 0 Å². The molecule has 3 aromatic rings. The summed E-state index contributed by atoms with van der Waals surface area (Å²) in [7, 11) is 0. The average Bonchev–Trinajstić information content (AvgIpc) is 2.74. The van der Waals surface area contributed by atoms with E-state index in [4.69, 9.17) is 0 Å². The van der Waals surface area contributed by atoms with E-state index in [1.54, 1.807) is 18.2 Å². The molecule has 0 spiro atoms. The SMILES string of the molecule is O=C=C1CC2=C(C3=C1c1ccccc13)c1c(O)cc(C(=O)c3ccccc3)cc12. The van der Waals surface area contributed by atoms with E-state index in [1.807, 2.05) is 48.5 Å². The highest BCUT2D eigenvalue weighted by molar-refractivity contribution is 6.37. The summed E-state index contributed by atoms with van der Waals surface area (Å²) in [4.78, 5) is 24.5. The predicted molar refractivity (Wildman–Crippen MR) is 112 cm³/mol. The van der Waals surface area contributed by atoms with Crippen molar-refractivity contribution in [2.45, 2.75) is 6.42 Å². The van der Waals surface area contributed by atoms with Crippen LogP contribution < -0.4 is 0 Å². The Kier molecular flexibility index (Phi) is 3.07. The zero-order valence-corrected chi connectivity index (χ0v) is 15.3. The molecule has 0 saturated heterocycles. The van der Waals surface area contributed by atoms with E-state index in [0.29, 0.717) is 23.1 Å². The van der Waals surface area contributed by atoms with E-state index < -0.39 is 0 Å². The van der Waals surface area contributed by atoms with E-state index in [1.165, 1.54) is 0 Å². The van der Waals surface area contributed by atoms with Crippen LogP contribution in [-0.2, 0) is 4.79 Å². The minimum Gasteiger partial charge on any atom is -0.507 e. The summed E-state index contributed by atoms with van der Waals surface area (Å²) < 4.78 is 0. The number of phenols is 1. The standard InChI is InChI=1S/C26H14O3/c27-13-16-11-20-19-10-15(26(29)14-6-2-1-3-7-14)12-21(28)23(19)25(20)24-18-9-5-4-8-17(18)22(16)24/h1-10,12,28H,11H2. The molecule has 3 heteroatoms. The Bertz CT molecular complexity index is 1380. The fourth-order valence-electron chi connectivity index (χ4n) is 4.75. The van der Waals surface area contributed by atoms with Crippen LogP contribution in [0.15, 0.2) is 72.3 Å². The van der Waals surface area contributed by atoms with Gasteiger partial charge < -0.3 is 5.11 Å². The predicted octanol–water partition coefficient (Wildman–Crippen LogP) is 4.93. The smallest absolute Gasteiger partial charge is 0.193 e. The number of hydrogen-bond acceptors (Lipinski definition) is 3. The molecular weight excluding hydrogens is 360 g/mol. The van der Waals surface area contributed by atoms with Gasteiger partial charge in [0.05, 0.1) is 0 Å². The van der Waals surface area contributed by atoms with Crippen molar-refractivity contribution >= 4 is 34.0 Å². The lowest BCUT2D eigenvalue weighted by atomic mass is 9.61. The lowest BCUT2D eigenvalue weighted by molar-refractivity contribution is 0.103. The van der Waals surface area contributed by atoms with Gasteiger partial charge in [0.2, 0.25) is 0 Å². The average molecular weight is 374 g/mol. The Morgan fingerprint density at radius 3 is 2.21 bits per heavy atom. The maximum absolute atomic E-state index is 12.9. The summed E-state index contributed by atoms with van der Waals surface area (Å²) in [5.74, 6) is 2.09. The number of hydrogen-bond donors (Lipinski definition) is 1. The van der Waals surface area contributed by atoms with E-state index in [0.717, 1.165) is 44.5 Å². The van der Waals surface area contributed by atoms with E-state index in [-0.39, 0.29) is 11.5 Å². The van der Waals surface area contributed by atoms with E-state index in [2.05, 4.69) is 5.94 Å². The number of carbonyl (C=O) groups excluding carboxylic acids is 2. The van der Waals surface area contributed by atoms with Gasteiger partial charge in [-0.3, -0.25) is 4.79 Å². The molecule has 3 aromatic carbocycles. The molecule has 0 heterocycles. The second-order valence-electron chi connectivity index (χ2n) is 7.52. The number of phenolic OH excluding ortho intramolecular Hbond substituents is 1. The maximum atomic E-state index is 12.9. The first kappa shape index (κ1) is 16.1. The molecule has 0 atom stereocenters. The van der Waals surface area contributed by atoms with Crippen molar-refractivity contribution in [1.29, 1.82) is 0 Å². The Labute approximate surface area is 166 Å². The number of aromatic hydroxyl groups is 1. The fourth-order valence-corrected chi connectivity index (χ4v) is 4.75. The number of carbonyl (C=O) groups is 1. The molecule has 3 nitrogen and oxygen atoms in total. The van der Waals surface area contributed by atoms with Gasteiger partial charge in [0.1, 0.15) is 11.7 Å². The van der Waals surface area contributed by atoms with Gasteiger partial charge in [-0.05, 0) is 45.5 Å². The van der Waals surface area contributed by atoms with Gasteiger partial charge in [0.15, 0.2) is 5.78 Å². The van der Waals surface area contributed by atoms with Crippen LogP contribution in [0, 0.1) is 0 Å². The minimum atomic E-state index is -0.131. The topological polar surface area (TPSA) is 54.4 Å². The molecular formula is C26H14O3. The first-order chi connectivity index (χ1) is 14.2. The summed E-state index contributed by atoms with van der Waals surface area (Å²) in [6, 6.07) is 20.4. The van der Waals surface area contributed by atoms with Crippen molar-refractivity contribution in [3.8, 4) is 5.75 Å². The number of benzene rings is 3. The van der Waals surface area contributed by atoms with Crippen LogP contribution in [-0.4, -0.2) is 16.8 Å². The molecule has 3 aliphatic rings. The summed E-state index contributed by atoms with van der Waals surface area (Å²) >= 11 is 0. The largest absolute Gasteiger partial charge is 0.507 e. The normalized spacial score (nSPS) is 15.4. The van der Waals surface area contributed by atoms with Gasteiger partial charge in [-0.15, -0.1) is 0 Å². The number of allylic oxidation sites excluding steroid dienone is 5. The van der Waals surface area contributed by atoms with E-state index in [9.17, 15) is 14.7 Å². The van der Waals surface area contributed by atoms with Crippen LogP contribution >= 0.6 is 0 Å². The van der Waals surface area contributed by atoms with Gasteiger partial charge in [-0.25, -0.2) is 4.79 Å². The molecule has 0 fully saturated rings. The molecule has 0 amide bonds. The Balaban J connectivity index is 1.50. The van der Waals surface area contributed by atoms with Crippen LogP contribution in [0.3, 0.4) is 0 Å². The van der Waals surface area contributed by atoms with Crippen molar-refractivity contribution in [2.75, 3.05) is 0 Å². The lowest BCUT2D eigenvalue weighted by Crippen LogP contribution is -2.22. The zero-order valence-electron chi connectivity index (χ0n) is 15.3. The second kappa shape index (κ2) is 5.54. The third-order valence-corrected chi connectivity index (χ3v) is 6.04. The van der Waals surface area contributed by atoms with Crippen molar-refractivity contribution in [3.63, 3.8) is 0 Å². The van der Waals surface area contributed by atoms with Crippen LogP contribution in [0.2, 0.25) is 0 Å². The highest BCUT2D eigenvalue weighted by Crippen LogP contribution is 2.63. The van der Waals surface area contributed by atoms with Gasteiger partial charge in [-0.2, -0.15) is 0 Å². The first-order valence-corrected chi connectivity index (χ1v) is 9.48. The van der Waals surface area contributed by atoms with Crippen LogP contribution in [0.25, 0.3) is 22.3 Å². The number of fused-ring (bicyclic) bond motifs is 7. The summed E-state index contributed by atoms with van der Waals surface area (Å²) in [6.45, 7) is 0. The van der Waals surface area contributed by atoms with E-state index >= 15 is 0 Å². The molecule has 136 valence electrons. The highest BCUT2D eigenvalue weighted by atomic mass is 16.3. The molecule has 29 heavy (non-hydrogen) atoms. The fraction of sp³-hybridized carbons (Fsp3) is 0.0385. The summed E-state index contributed by atoms with van der Waals surface area (Å²) in [6.07, 6.45) is 0.474. The summed E-state index contributed by atoms with van der Waals surface area (Å²) in [5, 5.41) is 10.8. The van der Waals surface area contributed by atoms with Gasteiger partial charge >= 0.3 is 0 Å². The Morgan fingerprint density at radius 1 is 0.793 bits per heavy atom. The van der Waals surface area contributed by atoms with Crippen LogP contribution in [0.1, 0.15) is 44.6 Å². The summed E-state index contributed by atoms with van der Waals surface area (Å²) in [5.41, 5.74) is 9.43. The quantitative estimate of drug-likeness (QED) is 0.511. The molecule has 6 rings (SSSR count). The molecule has 0 aliphatic heterocycles. The number of rotatable bonds is 2. The minimum absolute atomic E-state index is 0.107. The molecule has 0 radical (unpaired) electrons. The lowest BCUT2D eigenvalue weighted by Gasteiger charge is -2.41. The van der Waals surface area contributed by atoms with Crippen molar-refractivity contribution in [3.05, 3.63) is 106 Å². The second-order valence-corrected chi connectivity index (χ2v) is 7.52. The Morgan fingerprint density at radius 2 is 1.48 bits per heavy atom.